The van der Waals surface area contributed by atoms with Crippen molar-refractivity contribution in [3.8, 4) is 6.07 Å². The van der Waals surface area contributed by atoms with E-state index in [1.807, 2.05) is 4.68 Å². The first-order valence-corrected chi connectivity index (χ1v) is 5.98. The van der Waals surface area contributed by atoms with Crippen LogP contribution in [0.2, 0.25) is 0 Å². The van der Waals surface area contributed by atoms with Gasteiger partial charge in [0.05, 0.1) is 24.9 Å². The first-order valence-electron chi connectivity index (χ1n) is 5.98. The fraction of sp³-hybridized carbons (Fsp3) is 0.667. The van der Waals surface area contributed by atoms with E-state index >= 15 is 0 Å². The second-order valence-corrected chi connectivity index (χ2v) is 4.57. The van der Waals surface area contributed by atoms with Gasteiger partial charge in [-0.2, -0.15) is 10.4 Å². The molecule has 1 saturated carbocycles. The lowest BCUT2D eigenvalue weighted by Gasteiger charge is -2.11. The zero-order valence-electron chi connectivity index (χ0n) is 9.28. The lowest BCUT2D eigenvalue weighted by atomic mass is 10.1. The van der Waals surface area contributed by atoms with Crippen molar-refractivity contribution < 1.29 is 4.74 Å². The van der Waals surface area contributed by atoms with E-state index in [1.165, 1.54) is 12.8 Å². The fourth-order valence-corrected chi connectivity index (χ4v) is 2.74. The maximum absolute atomic E-state index is 9.26. The summed E-state index contributed by atoms with van der Waals surface area (Å²) in [4.78, 5) is 0. The van der Waals surface area contributed by atoms with Crippen molar-refractivity contribution in [2.24, 2.45) is 0 Å². The molecule has 0 unspecified atom stereocenters. The Balaban J connectivity index is 2.04. The van der Waals surface area contributed by atoms with Gasteiger partial charge in [-0.15, -0.1) is 0 Å². The average molecular weight is 217 g/mol. The van der Waals surface area contributed by atoms with E-state index in [4.69, 9.17) is 4.74 Å². The molecule has 0 saturated heterocycles. The van der Waals surface area contributed by atoms with Crippen LogP contribution in [-0.4, -0.2) is 16.4 Å². The van der Waals surface area contributed by atoms with Crippen LogP contribution in [0.15, 0.2) is 0 Å². The highest BCUT2D eigenvalue weighted by Gasteiger charge is 2.26. The molecule has 0 bridgehead atoms. The van der Waals surface area contributed by atoms with Crippen molar-refractivity contribution >= 4 is 0 Å². The Hall–Kier alpha value is -1.34. The number of fused-ring (bicyclic) bond motifs is 1. The zero-order chi connectivity index (χ0) is 11.0. The molecular formula is C12H15N3O. The Morgan fingerprint density at radius 3 is 2.94 bits per heavy atom. The summed E-state index contributed by atoms with van der Waals surface area (Å²) in [7, 11) is 0. The number of nitrogens with zero attached hydrogens (tertiary/aromatic N) is 3. The van der Waals surface area contributed by atoms with Gasteiger partial charge in [0.2, 0.25) is 0 Å². The molecule has 1 aliphatic carbocycles. The summed E-state index contributed by atoms with van der Waals surface area (Å²) in [5.41, 5.74) is 2.84. The molecule has 1 aromatic rings. The molecule has 1 fully saturated rings. The van der Waals surface area contributed by atoms with Crippen molar-refractivity contribution in [3.63, 3.8) is 0 Å². The van der Waals surface area contributed by atoms with E-state index in [1.54, 1.807) is 0 Å². The van der Waals surface area contributed by atoms with Gasteiger partial charge in [0.25, 0.3) is 0 Å². The van der Waals surface area contributed by atoms with Gasteiger partial charge < -0.3 is 4.74 Å². The Morgan fingerprint density at radius 1 is 1.38 bits per heavy atom. The smallest absolute Gasteiger partial charge is 0.144 e. The molecule has 0 aromatic carbocycles. The Bertz CT molecular complexity index is 438. The van der Waals surface area contributed by atoms with Crippen molar-refractivity contribution in [2.45, 2.75) is 44.8 Å². The molecule has 0 radical (unpaired) electrons. The Labute approximate surface area is 94.8 Å². The number of nitriles is 1. The van der Waals surface area contributed by atoms with Crippen molar-refractivity contribution in [2.75, 3.05) is 6.61 Å². The molecule has 16 heavy (non-hydrogen) atoms. The van der Waals surface area contributed by atoms with Crippen LogP contribution in [0, 0.1) is 11.3 Å². The SMILES string of the molecule is N#Cc1c2c(nn1C1CCCC1)CCOC2. The maximum atomic E-state index is 9.26. The normalized spacial score (nSPS) is 20.7. The third-order valence-corrected chi connectivity index (χ3v) is 3.60. The molecule has 2 heterocycles. The summed E-state index contributed by atoms with van der Waals surface area (Å²) in [5.74, 6) is 0. The first-order chi connectivity index (χ1) is 7.90. The van der Waals surface area contributed by atoms with Crippen molar-refractivity contribution in [3.05, 3.63) is 17.0 Å². The summed E-state index contributed by atoms with van der Waals surface area (Å²) in [6.45, 7) is 1.30. The summed E-state index contributed by atoms with van der Waals surface area (Å²) < 4.78 is 7.37. The van der Waals surface area contributed by atoms with E-state index in [-0.39, 0.29) is 0 Å². The van der Waals surface area contributed by atoms with Crippen molar-refractivity contribution in [1.82, 2.24) is 9.78 Å². The van der Waals surface area contributed by atoms with Crippen LogP contribution in [-0.2, 0) is 17.8 Å². The zero-order valence-corrected chi connectivity index (χ0v) is 9.28. The third-order valence-electron chi connectivity index (χ3n) is 3.60. The largest absolute Gasteiger partial charge is 0.376 e. The molecule has 0 amide bonds. The first kappa shape index (κ1) is 9.86. The van der Waals surface area contributed by atoms with Gasteiger partial charge in [-0.25, -0.2) is 0 Å². The van der Waals surface area contributed by atoms with Crippen LogP contribution in [0.25, 0.3) is 0 Å². The quantitative estimate of drug-likeness (QED) is 0.722. The van der Waals surface area contributed by atoms with Gasteiger partial charge in [-0.05, 0) is 12.8 Å². The molecule has 84 valence electrons. The van der Waals surface area contributed by atoms with Crippen molar-refractivity contribution in [1.29, 1.82) is 5.26 Å². The fourth-order valence-electron chi connectivity index (χ4n) is 2.74. The lowest BCUT2D eigenvalue weighted by Crippen LogP contribution is -2.09. The number of ether oxygens (including phenoxy) is 1. The van der Waals surface area contributed by atoms with E-state index in [0.29, 0.717) is 12.6 Å². The predicted octanol–water partition coefficient (Wildman–Crippen LogP) is 1.94. The van der Waals surface area contributed by atoms with Crippen LogP contribution < -0.4 is 0 Å². The molecule has 4 nitrogen and oxygen atoms in total. The number of aromatic nitrogens is 2. The van der Waals surface area contributed by atoms with Crippen LogP contribution in [0.1, 0.15) is 48.7 Å². The lowest BCUT2D eigenvalue weighted by molar-refractivity contribution is 0.110. The molecule has 1 aromatic heterocycles. The third kappa shape index (κ3) is 1.43. The molecule has 4 heteroatoms. The molecule has 2 aliphatic rings. The highest BCUT2D eigenvalue weighted by atomic mass is 16.5. The van der Waals surface area contributed by atoms with E-state index in [2.05, 4.69) is 11.2 Å². The Morgan fingerprint density at radius 2 is 2.19 bits per heavy atom. The molecular weight excluding hydrogens is 202 g/mol. The average Bonchev–Trinajstić information content (AvgIpc) is 2.95. The van der Waals surface area contributed by atoms with Crippen LogP contribution in [0.4, 0.5) is 0 Å². The minimum Gasteiger partial charge on any atom is -0.376 e. The van der Waals surface area contributed by atoms with Crippen LogP contribution in [0.3, 0.4) is 0 Å². The summed E-state index contributed by atoms with van der Waals surface area (Å²) in [6, 6.07) is 2.75. The molecule has 0 spiro atoms. The number of hydrogen-bond donors (Lipinski definition) is 0. The van der Waals surface area contributed by atoms with E-state index in [0.717, 1.165) is 42.8 Å². The number of hydrogen-bond acceptors (Lipinski definition) is 3. The van der Waals surface area contributed by atoms with Gasteiger partial charge in [0, 0.05) is 12.0 Å². The van der Waals surface area contributed by atoms with Gasteiger partial charge in [-0.3, -0.25) is 4.68 Å². The minimum absolute atomic E-state index is 0.445. The number of rotatable bonds is 1. The van der Waals surface area contributed by atoms with E-state index < -0.39 is 0 Å². The van der Waals surface area contributed by atoms with Crippen LogP contribution in [0.5, 0.6) is 0 Å². The minimum atomic E-state index is 0.445. The molecule has 1 aliphatic heterocycles. The van der Waals surface area contributed by atoms with Gasteiger partial charge in [0.15, 0.2) is 0 Å². The second-order valence-electron chi connectivity index (χ2n) is 4.57. The Kier molecular flexibility index (Phi) is 2.41. The second kappa shape index (κ2) is 3.91. The summed E-state index contributed by atoms with van der Waals surface area (Å²) in [5, 5.41) is 13.9. The van der Waals surface area contributed by atoms with Gasteiger partial charge in [0.1, 0.15) is 11.8 Å². The molecule has 3 rings (SSSR count). The summed E-state index contributed by atoms with van der Waals surface area (Å²) >= 11 is 0. The van der Waals surface area contributed by atoms with E-state index in [9.17, 15) is 5.26 Å². The van der Waals surface area contributed by atoms with Crippen LogP contribution >= 0.6 is 0 Å². The molecule has 0 atom stereocenters. The highest BCUT2D eigenvalue weighted by Crippen LogP contribution is 2.32. The predicted molar refractivity (Wildman–Crippen MR) is 57.8 cm³/mol. The monoisotopic (exact) mass is 217 g/mol. The van der Waals surface area contributed by atoms with Gasteiger partial charge in [-0.1, -0.05) is 12.8 Å². The molecule has 0 N–H and O–H groups in total. The standard InChI is InChI=1S/C12H15N3O/c13-7-12-10-8-16-6-5-11(10)14-15(12)9-3-1-2-4-9/h9H,1-6,8H2. The topological polar surface area (TPSA) is 50.8 Å². The maximum Gasteiger partial charge on any atom is 0.144 e. The van der Waals surface area contributed by atoms with Gasteiger partial charge >= 0.3 is 0 Å². The summed E-state index contributed by atoms with van der Waals surface area (Å²) in [6.07, 6.45) is 5.70. The highest BCUT2D eigenvalue weighted by molar-refractivity contribution is 5.36.